The van der Waals surface area contributed by atoms with Crippen molar-refractivity contribution >= 4 is 17.9 Å². The lowest BCUT2D eigenvalue weighted by Gasteiger charge is -2.05. The fourth-order valence-electron chi connectivity index (χ4n) is 0.980. The summed E-state index contributed by atoms with van der Waals surface area (Å²) in [5, 5.41) is 8.94. The maximum atomic E-state index is 12.8. The van der Waals surface area contributed by atoms with Gasteiger partial charge in [-0.25, -0.2) is 4.39 Å². The summed E-state index contributed by atoms with van der Waals surface area (Å²) in [6.07, 6.45) is -0.694. The molecule has 0 aliphatic rings. The third-order valence-corrected chi connectivity index (χ3v) is 2.04. The summed E-state index contributed by atoms with van der Waals surface area (Å²) in [5.74, 6) is -0.544. The Morgan fingerprint density at radius 3 is 2.92 bits per heavy atom. The van der Waals surface area contributed by atoms with Crippen molar-refractivity contribution in [1.82, 2.24) is 0 Å². The van der Waals surface area contributed by atoms with Crippen LogP contribution in [0.1, 0.15) is 5.56 Å². The molecule has 0 bridgehead atoms. The van der Waals surface area contributed by atoms with E-state index < -0.39 is 11.9 Å². The van der Waals surface area contributed by atoms with Crippen LogP contribution in [-0.4, -0.2) is 17.5 Å². The number of carbonyl (C=O) groups is 1. The summed E-state index contributed by atoms with van der Waals surface area (Å²) in [5.41, 5.74) is 0.432. The van der Waals surface area contributed by atoms with E-state index in [-0.39, 0.29) is 11.4 Å². The molecule has 13 heavy (non-hydrogen) atoms. The van der Waals surface area contributed by atoms with Crippen LogP contribution in [0.4, 0.5) is 4.39 Å². The average molecular weight is 203 g/mol. The van der Waals surface area contributed by atoms with Gasteiger partial charge in [-0.1, -0.05) is 23.7 Å². The summed E-state index contributed by atoms with van der Waals surface area (Å²) in [6, 6.07) is 4.27. The Bertz CT molecular complexity index is 314. The molecule has 1 unspecified atom stereocenters. The van der Waals surface area contributed by atoms with E-state index in [1.165, 1.54) is 12.1 Å². The molecular weight excluding hydrogens is 195 g/mol. The fraction of sp³-hybridized carbons (Fsp3) is 0.222. The second kappa shape index (κ2) is 4.35. The van der Waals surface area contributed by atoms with E-state index in [2.05, 4.69) is 0 Å². The molecule has 1 atom stereocenters. The topological polar surface area (TPSA) is 37.3 Å². The number of benzene rings is 1. The second-order valence-corrected chi connectivity index (χ2v) is 3.00. The average Bonchev–Trinajstić information content (AvgIpc) is 2.13. The minimum atomic E-state index is -1.13. The Morgan fingerprint density at radius 1 is 1.62 bits per heavy atom. The lowest BCUT2D eigenvalue weighted by molar-refractivity contribution is -0.114. The summed E-state index contributed by atoms with van der Waals surface area (Å²) in [6.45, 7) is 0. The molecule has 0 aromatic heterocycles. The van der Waals surface area contributed by atoms with Crippen LogP contribution in [0.3, 0.4) is 0 Å². The van der Waals surface area contributed by atoms with Crippen LogP contribution < -0.4 is 0 Å². The predicted molar refractivity (Wildman–Crippen MR) is 47.2 cm³/mol. The van der Waals surface area contributed by atoms with Crippen molar-refractivity contribution in [2.75, 3.05) is 0 Å². The Kier molecular flexibility index (Phi) is 3.39. The molecule has 0 radical (unpaired) electrons. The van der Waals surface area contributed by atoms with Crippen molar-refractivity contribution in [2.24, 2.45) is 0 Å². The van der Waals surface area contributed by atoms with Gasteiger partial charge in [-0.05, 0) is 11.6 Å². The smallest absolute Gasteiger partial charge is 0.148 e. The zero-order valence-electron chi connectivity index (χ0n) is 6.71. The number of hydrogen-bond donors (Lipinski definition) is 1. The summed E-state index contributed by atoms with van der Waals surface area (Å²) < 4.78 is 12.8. The first kappa shape index (κ1) is 10.2. The molecule has 2 nitrogen and oxygen atoms in total. The van der Waals surface area contributed by atoms with E-state index in [9.17, 15) is 9.18 Å². The number of aliphatic hydroxyl groups excluding tert-OH is 1. The van der Waals surface area contributed by atoms with Gasteiger partial charge >= 0.3 is 0 Å². The highest BCUT2D eigenvalue weighted by atomic mass is 35.5. The normalized spacial score (nSPS) is 12.5. The lowest BCUT2D eigenvalue weighted by atomic mass is 10.1. The third-order valence-electron chi connectivity index (χ3n) is 1.62. The molecule has 0 saturated carbocycles. The predicted octanol–water partition coefficient (Wildman–Crippen LogP) is 1.58. The van der Waals surface area contributed by atoms with E-state index in [0.717, 1.165) is 0 Å². The van der Waals surface area contributed by atoms with Crippen LogP contribution in [0.5, 0.6) is 0 Å². The van der Waals surface area contributed by atoms with E-state index >= 15 is 0 Å². The van der Waals surface area contributed by atoms with Gasteiger partial charge in [0.2, 0.25) is 0 Å². The van der Waals surface area contributed by atoms with Gasteiger partial charge < -0.3 is 9.90 Å². The molecule has 4 heteroatoms. The van der Waals surface area contributed by atoms with Crippen molar-refractivity contribution in [3.05, 3.63) is 34.6 Å². The van der Waals surface area contributed by atoms with Crippen LogP contribution in [0.15, 0.2) is 18.2 Å². The summed E-state index contributed by atoms with van der Waals surface area (Å²) in [7, 11) is 0. The number of hydrogen-bond acceptors (Lipinski definition) is 2. The van der Waals surface area contributed by atoms with Crippen LogP contribution >= 0.6 is 11.6 Å². The molecule has 70 valence electrons. The highest BCUT2D eigenvalue weighted by Crippen LogP contribution is 2.20. The van der Waals surface area contributed by atoms with Gasteiger partial charge in [0.15, 0.2) is 0 Å². The Hall–Kier alpha value is -0.930. The molecule has 1 aromatic rings. The molecule has 1 aromatic carbocycles. The van der Waals surface area contributed by atoms with Gasteiger partial charge in [0, 0.05) is 6.42 Å². The zero-order valence-corrected chi connectivity index (χ0v) is 7.46. The Balaban J connectivity index is 2.88. The van der Waals surface area contributed by atoms with Gasteiger partial charge in [0.1, 0.15) is 18.2 Å². The highest BCUT2D eigenvalue weighted by Gasteiger charge is 2.09. The molecule has 0 saturated heterocycles. The monoisotopic (exact) mass is 202 g/mol. The molecule has 0 heterocycles. The molecule has 0 aliphatic carbocycles. The first-order valence-corrected chi connectivity index (χ1v) is 4.09. The molecular formula is C9H8ClFO2. The zero-order chi connectivity index (χ0) is 9.84. The van der Waals surface area contributed by atoms with Gasteiger partial charge in [0.25, 0.3) is 0 Å². The number of rotatable bonds is 3. The summed E-state index contributed by atoms with van der Waals surface area (Å²) >= 11 is 5.59. The summed E-state index contributed by atoms with van der Waals surface area (Å²) in [4.78, 5) is 10.1. The quantitative estimate of drug-likeness (QED) is 0.756. The standard InChI is InChI=1S/C9H8ClFO2/c10-9-6(4-7(13)5-12)2-1-3-8(9)11/h1-3,5,7,13H,4H2. The number of aldehydes is 1. The molecule has 0 fully saturated rings. The number of halogens is 2. The largest absolute Gasteiger partial charge is 0.385 e. The number of aliphatic hydroxyl groups is 1. The highest BCUT2D eigenvalue weighted by molar-refractivity contribution is 6.31. The molecule has 1 N–H and O–H groups in total. The Morgan fingerprint density at radius 2 is 2.31 bits per heavy atom. The van der Waals surface area contributed by atoms with Crippen LogP contribution in [0.25, 0.3) is 0 Å². The van der Waals surface area contributed by atoms with Gasteiger partial charge in [0.05, 0.1) is 5.02 Å². The Labute approximate surface area is 80.0 Å². The van der Waals surface area contributed by atoms with Crippen LogP contribution in [0, 0.1) is 5.82 Å². The maximum Gasteiger partial charge on any atom is 0.148 e. The first-order chi connectivity index (χ1) is 6.15. The second-order valence-electron chi connectivity index (χ2n) is 2.62. The first-order valence-electron chi connectivity index (χ1n) is 3.71. The van der Waals surface area contributed by atoms with E-state index in [0.29, 0.717) is 11.8 Å². The lowest BCUT2D eigenvalue weighted by Crippen LogP contribution is -2.11. The van der Waals surface area contributed by atoms with Gasteiger partial charge in [-0.3, -0.25) is 0 Å². The van der Waals surface area contributed by atoms with E-state index in [4.69, 9.17) is 16.7 Å². The SMILES string of the molecule is O=CC(O)Cc1cccc(F)c1Cl. The van der Waals surface area contributed by atoms with Crippen molar-refractivity contribution < 1.29 is 14.3 Å². The molecule has 0 spiro atoms. The number of carbonyl (C=O) groups excluding carboxylic acids is 1. The minimum Gasteiger partial charge on any atom is -0.385 e. The van der Waals surface area contributed by atoms with Crippen molar-refractivity contribution in [1.29, 1.82) is 0 Å². The van der Waals surface area contributed by atoms with Gasteiger partial charge in [-0.2, -0.15) is 0 Å². The molecule has 0 aliphatic heterocycles. The molecule has 1 rings (SSSR count). The minimum absolute atomic E-state index is 0.0385. The fourth-order valence-corrected chi connectivity index (χ4v) is 1.18. The van der Waals surface area contributed by atoms with Crippen molar-refractivity contribution in [3.8, 4) is 0 Å². The van der Waals surface area contributed by atoms with Crippen molar-refractivity contribution in [3.63, 3.8) is 0 Å². The maximum absolute atomic E-state index is 12.8. The van der Waals surface area contributed by atoms with Gasteiger partial charge in [-0.15, -0.1) is 0 Å². The van der Waals surface area contributed by atoms with Crippen molar-refractivity contribution in [2.45, 2.75) is 12.5 Å². The van der Waals surface area contributed by atoms with Crippen LogP contribution in [-0.2, 0) is 11.2 Å². The van der Waals surface area contributed by atoms with Crippen LogP contribution in [0.2, 0.25) is 5.02 Å². The van der Waals surface area contributed by atoms with E-state index in [1.807, 2.05) is 0 Å². The third kappa shape index (κ3) is 2.50. The molecule has 0 amide bonds. The van der Waals surface area contributed by atoms with E-state index in [1.54, 1.807) is 6.07 Å².